The molecular formula is C44H53ClN10O2P2. The number of anilines is 7. The molecule has 8 rings (SSSR count). The van der Waals surface area contributed by atoms with Crippen molar-refractivity contribution in [2.45, 2.75) is 0 Å². The Morgan fingerprint density at radius 1 is 0.525 bits per heavy atom. The minimum Gasteiger partial charge on any atom is -0.369 e. The van der Waals surface area contributed by atoms with E-state index in [0.29, 0.717) is 11.0 Å². The zero-order chi connectivity index (χ0) is 41.7. The van der Waals surface area contributed by atoms with Gasteiger partial charge in [-0.3, -0.25) is 0 Å². The van der Waals surface area contributed by atoms with E-state index in [2.05, 4.69) is 105 Å². The average Bonchev–Trinajstić information content (AvgIpc) is 3.25. The van der Waals surface area contributed by atoms with E-state index in [4.69, 9.17) is 11.6 Å². The van der Waals surface area contributed by atoms with Crippen LogP contribution in [0, 0.1) is 0 Å². The molecule has 0 saturated carbocycles. The van der Waals surface area contributed by atoms with Crippen LogP contribution in [0.2, 0.25) is 5.15 Å². The van der Waals surface area contributed by atoms with Gasteiger partial charge in [-0.05, 0) is 99.5 Å². The van der Waals surface area contributed by atoms with Gasteiger partial charge < -0.3 is 39.8 Å². The Bertz CT molecular complexity index is 2300. The van der Waals surface area contributed by atoms with Crippen LogP contribution < -0.4 is 41.3 Å². The summed E-state index contributed by atoms with van der Waals surface area (Å²) in [5.74, 6) is 2.31. The molecule has 0 radical (unpaired) electrons. The molecule has 0 bridgehead atoms. The number of hydrogen-bond acceptors (Lipinski definition) is 12. The van der Waals surface area contributed by atoms with Crippen LogP contribution in [0.1, 0.15) is 0 Å². The fourth-order valence-corrected chi connectivity index (χ4v) is 8.37. The highest BCUT2D eigenvalue weighted by molar-refractivity contribution is 7.70. The topological polar surface area (TPSA) is 132 Å². The maximum absolute atomic E-state index is 12.2. The van der Waals surface area contributed by atoms with E-state index in [1.165, 1.54) is 17.7 Å². The van der Waals surface area contributed by atoms with E-state index in [9.17, 15) is 9.13 Å². The Kier molecular flexibility index (Phi) is 15.2. The van der Waals surface area contributed by atoms with Crippen LogP contribution in [0.3, 0.4) is 0 Å². The number of hydrogen-bond donors (Lipinski definition) is 3. The van der Waals surface area contributed by atoms with Crippen LogP contribution in [-0.4, -0.2) is 99.0 Å². The summed E-state index contributed by atoms with van der Waals surface area (Å²) in [5, 5.41) is 11.9. The molecule has 0 amide bonds. The summed E-state index contributed by atoms with van der Waals surface area (Å²) >= 11 is 5.77. The van der Waals surface area contributed by atoms with Crippen molar-refractivity contribution in [3.8, 4) is 0 Å². The maximum atomic E-state index is 12.2. The highest BCUT2D eigenvalue weighted by atomic mass is 35.5. The molecule has 308 valence electrons. The second kappa shape index (κ2) is 20.6. The number of rotatable bonds is 9. The summed E-state index contributed by atoms with van der Waals surface area (Å²) in [6.07, 6.45) is 2.99. The molecule has 4 heterocycles. The lowest BCUT2D eigenvalue weighted by Crippen LogP contribution is -2.46. The van der Waals surface area contributed by atoms with Gasteiger partial charge in [0.05, 0.1) is 0 Å². The molecule has 0 atom stereocenters. The van der Waals surface area contributed by atoms with Crippen molar-refractivity contribution >= 4 is 76.7 Å². The lowest BCUT2D eigenvalue weighted by Gasteiger charge is -2.36. The van der Waals surface area contributed by atoms with Gasteiger partial charge in [-0.1, -0.05) is 48.0 Å². The van der Waals surface area contributed by atoms with Crippen LogP contribution in [0.4, 0.5) is 40.2 Å². The normalized spacial score (nSPS) is 14.3. The molecule has 0 spiro atoms. The molecule has 12 nitrogen and oxygen atoms in total. The SMILES string of the molecule is CP(C)(=O)c1ccc(Nc2cc(Cl)ncn2)cc1.CP(C)(=O)c1ccc(Nc2cc(N3CCN(c4ccccc4)CC3)ncn2)cc1.c1ccc(N2CCNCC2)cc1. The summed E-state index contributed by atoms with van der Waals surface area (Å²) in [6, 6.07) is 39.9. The van der Waals surface area contributed by atoms with Crippen LogP contribution in [0.5, 0.6) is 0 Å². The Morgan fingerprint density at radius 2 is 0.949 bits per heavy atom. The Balaban J connectivity index is 0.000000165. The fraction of sp³-hybridized carbons (Fsp3) is 0.273. The van der Waals surface area contributed by atoms with E-state index in [1.807, 2.05) is 60.7 Å². The number of para-hydroxylation sites is 2. The quantitative estimate of drug-likeness (QED) is 0.0963. The predicted octanol–water partition coefficient (Wildman–Crippen LogP) is 8.01. The zero-order valence-electron chi connectivity index (χ0n) is 34.1. The molecular weight excluding hydrogens is 798 g/mol. The summed E-state index contributed by atoms with van der Waals surface area (Å²) in [6.45, 7) is 15.3. The van der Waals surface area contributed by atoms with Crippen LogP contribution in [0.15, 0.2) is 134 Å². The van der Waals surface area contributed by atoms with E-state index in [-0.39, 0.29) is 0 Å². The Morgan fingerprint density at radius 3 is 1.41 bits per heavy atom. The zero-order valence-corrected chi connectivity index (χ0v) is 36.6. The van der Waals surface area contributed by atoms with E-state index in [0.717, 1.165) is 86.0 Å². The lowest BCUT2D eigenvalue weighted by molar-refractivity contribution is 0.587. The third kappa shape index (κ3) is 13.4. The molecule has 2 aliphatic rings. The first-order valence-corrected chi connectivity index (χ1v) is 25.2. The van der Waals surface area contributed by atoms with Gasteiger partial charge >= 0.3 is 0 Å². The molecule has 59 heavy (non-hydrogen) atoms. The number of benzene rings is 4. The lowest BCUT2D eigenvalue weighted by atomic mass is 10.2. The minimum absolute atomic E-state index is 0.385. The molecule has 2 fully saturated rings. The smallest absolute Gasteiger partial charge is 0.135 e. The third-order valence-corrected chi connectivity index (χ3v) is 13.1. The van der Waals surface area contributed by atoms with Crippen molar-refractivity contribution in [3.63, 3.8) is 0 Å². The minimum atomic E-state index is -2.24. The maximum Gasteiger partial charge on any atom is 0.135 e. The highest BCUT2D eigenvalue weighted by Crippen LogP contribution is 2.35. The van der Waals surface area contributed by atoms with Gasteiger partial charge in [0.15, 0.2) is 0 Å². The number of nitrogens with zero attached hydrogens (tertiary/aromatic N) is 7. The molecule has 0 aliphatic carbocycles. The first kappa shape index (κ1) is 43.3. The Hall–Kier alpha value is -5.25. The third-order valence-electron chi connectivity index (χ3n) is 9.77. The Labute approximate surface area is 353 Å². The molecule has 15 heteroatoms. The summed E-state index contributed by atoms with van der Waals surface area (Å²) in [5.41, 5.74) is 4.39. The van der Waals surface area contributed by atoms with Gasteiger partial charge in [0.2, 0.25) is 0 Å². The van der Waals surface area contributed by atoms with Crippen molar-refractivity contribution in [2.75, 3.05) is 104 Å². The van der Waals surface area contributed by atoms with E-state index >= 15 is 0 Å². The number of nitrogens with one attached hydrogen (secondary N) is 3. The van der Waals surface area contributed by atoms with Crippen LogP contribution in [0.25, 0.3) is 0 Å². The van der Waals surface area contributed by atoms with Crippen LogP contribution >= 0.6 is 25.9 Å². The standard InChI is InChI=1S/C22H26N5OP.C12H13ClN3OP.C10H14N2/c1-29(2,28)20-10-8-18(9-11-20)25-21-16-22(24-17-23-21)27-14-12-26(13-15-27)19-6-4-3-5-7-19;1-18(2,17)10-5-3-9(4-6-10)16-12-7-11(13)14-8-15-12;1-2-4-10(5-3-1)12-8-6-11-7-9-12/h3-11,16-17H,12-15H2,1-2H3,(H,23,24,25);3-8H,1-2H3,(H,14,15,16);1-5,11H,6-9H2. The largest absolute Gasteiger partial charge is 0.369 e. The molecule has 4 aromatic carbocycles. The second-order valence-corrected chi connectivity index (χ2v) is 21.7. The summed E-state index contributed by atoms with van der Waals surface area (Å²) in [4.78, 5) is 23.8. The first-order chi connectivity index (χ1) is 28.4. The molecule has 6 aromatic rings. The first-order valence-electron chi connectivity index (χ1n) is 19.6. The van der Waals surface area contributed by atoms with E-state index < -0.39 is 14.3 Å². The van der Waals surface area contributed by atoms with E-state index in [1.54, 1.807) is 39.1 Å². The molecule has 3 N–H and O–H groups in total. The van der Waals surface area contributed by atoms with Crippen molar-refractivity contribution < 1.29 is 9.13 Å². The van der Waals surface area contributed by atoms with Crippen LogP contribution in [-0.2, 0) is 9.13 Å². The van der Waals surface area contributed by atoms with Gasteiger partial charge in [0, 0.05) is 97.8 Å². The fourth-order valence-electron chi connectivity index (χ4n) is 6.49. The predicted molar refractivity (Wildman–Crippen MR) is 249 cm³/mol. The number of halogens is 1. The van der Waals surface area contributed by atoms with Gasteiger partial charge in [0.1, 0.15) is 49.5 Å². The molecule has 2 aliphatic heterocycles. The van der Waals surface area contributed by atoms with Crippen molar-refractivity contribution in [1.82, 2.24) is 25.3 Å². The van der Waals surface area contributed by atoms with Crippen molar-refractivity contribution in [1.29, 1.82) is 0 Å². The monoisotopic (exact) mass is 850 g/mol. The van der Waals surface area contributed by atoms with Gasteiger partial charge in [-0.25, -0.2) is 19.9 Å². The van der Waals surface area contributed by atoms with Crippen molar-refractivity contribution in [3.05, 3.63) is 139 Å². The highest BCUT2D eigenvalue weighted by Gasteiger charge is 2.19. The number of piperazine rings is 2. The molecule has 2 aromatic heterocycles. The summed E-state index contributed by atoms with van der Waals surface area (Å²) < 4.78 is 24.0. The average molecular weight is 851 g/mol. The summed E-state index contributed by atoms with van der Waals surface area (Å²) in [7, 11) is -4.44. The van der Waals surface area contributed by atoms with Crippen molar-refractivity contribution in [2.24, 2.45) is 0 Å². The van der Waals surface area contributed by atoms with Gasteiger partial charge in [-0.15, -0.1) is 0 Å². The van der Waals surface area contributed by atoms with Gasteiger partial charge in [-0.2, -0.15) is 0 Å². The molecule has 2 saturated heterocycles. The van der Waals surface area contributed by atoms with Gasteiger partial charge in [0.25, 0.3) is 0 Å². The second-order valence-electron chi connectivity index (χ2n) is 14.9. The number of aromatic nitrogens is 4. The molecule has 0 unspecified atom stereocenters.